The molecule has 32 heavy (non-hydrogen) atoms. The molecule has 0 saturated heterocycles. The summed E-state index contributed by atoms with van der Waals surface area (Å²) in [5.74, 6) is -0.717. The van der Waals surface area contributed by atoms with Crippen LogP contribution in [-0.4, -0.2) is 33.3 Å². The first-order valence-corrected chi connectivity index (χ1v) is 11.2. The quantitative estimate of drug-likeness (QED) is 0.354. The van der Waals surface area contributed by atoms with Crippen LogP contribution in [0.5, 0.6) is 0 Å². The van der Waals surface area contributed by atoms with Crippen molar-refractivity contribution in [1.82, 2.24) is 20.5 Å². The van der Waals surface area contributed by atoms with Gasteiger partial charge in [0.05, 0.1) is 36.8 Å². The number of hydrazone groups is 1. The lowest BCUT2D eigenvalue weighted by atomic mass is 10.2. The largest absolute Gasteiger partial charge is 0.349 e. The van der Waals surface area contributed by atoms with E-state index in [0.29, 0.717) is 42.5 Å². The van der Waals surface area contributed by atoms with Crippen molar-refractivity contribution in [2.24, 2.45) is 5.10 Å². The van der Waals surface area contributed by atoms with E-state index in [4.69, 9.17) is 23.2 Å². The first-order chi connectivity index (χ1) is 15.1. The van der Waals surface area contributed by atoms with Gasteiger partial charge in [0.1, 0.15) is 0 Å². The number of hydrogen-bond donors (Lipinski definition) is 3. The van der Waals surface area contributed by atoms with Gasteiger partial charge < -0.3 is 5.32 Å². The van der Waals surface area contributed by atoms with E-state index in [1.165, 1.54) is 4.68 Å². The van der Waals surface area contributed by atoms with Gasteiger partial charge >= 0.3 is 0 Å². The van der Waals surface area contributed by atoms with E-state index < -0.39 is 5.91 Å². The first kappa shape index (κ1) is 23.8. The predicted octanol–water partition coefficient (Wildman–Crippen LogP) is 4.13. The van der Waals surface area contributed by atoms with E-state index in [1.54, 1.807) is 44.2 Å². The lowest BCUT2D eigenvalue weighted by molar-refractivity contribution is 0.0944. The third kappa shape index (κ3) is 5.12. The minimum absolute atomic E-state index is 0.00772. The van der Waals surface area contributed by atoms with Crippen LogP contribution in [-0.2, 0) is 0 Å². The van der Waals surface area contributed by atoms with Crippen LogP contribution >= 0.6 is 34.5 Å². The molecule has 0 saturated carbocycles. The van der Waals surface area contributed by atoms with Gasteiger partial charge in [0.2, 0.25) is 0 Å². The molecule has 0 aliphatic carbocycles. The molecule has 0 spiro atoms. The number of aromatic amines is 1. The summed E-state index contributed by atoms with van der Waals surface area (Å²) in [6, 6.07) is 7.96. The first-order valence-electron chi connectivity index (χ1n) is 9.61. The number of hydrogen-bond acceptors (Lipinski definition) is 5. The summed E-state index contributed by atoms with van der Waals surface area (Å²) < 4.78 is 1.33. The van der Waals surface area contributed by atoms with Crippen molar-refractivity contribution in [2.75, 3.05) is 0 Å². The number of nitrogens with zero attached hydrogens (tertiary/aromatic N) is 2. The molecule has 11 heteroatoms. The van der Waals surface area contributed by atoms with Crippen LogP contribution in [0.3, 0.4) is 0 Å². The zero-order chi connectivity index (χ0) is 23.6. The van der Waals surface area contributed by atoms with Crippen molar-refractivity contribution < 1.29 is 9.59 Å². The van der Waals surface area contributed by atoms with E-state index >= 15 is 0 Å². The van der Waals surface area contributed by atoms with E-state index in [2.05, 4.69) is 20.9 Å². The number of rotatable bonds is 6. The van der Waals surface area contributed by atoms with Gasteiger partial charge in [-0.25, -0.2) is 10.1 Å². The van der Waals surface area contributed by atoms with Crippen LogP contribution in [0.15, 0.2) is 40.2 Å². The number of halogens is 2. The summed E-state index contributed by atoms with van der Waals surface area (Å²) in [6.07, 6.45) is 0. The topological polar surface area (TPSA) is 108 Å². The zero-order valence-corrected chi connectivity index (χ0v) is 20.1. The zero-order valence-electron chi connectivity index (χ0n) is 17.7. The van der Waals surface area contributed by atoms with Crippen LogP contribution in [0, 0.1) is 6.92 Å². The Morgan fingerprint density at radius 2 is 1.75 bits per heavy atom. The van der Waals surface area contributed by atoms with Crippen molar-refractivity contribution in [3.05, 3.63) is 71.7 Å². The summed E-state index contributed by atoms with van der Waals surface area (Å²) in [7, 11) is 0. The van der Waals surface area contributed by atoms with Crippen LogP contribution in [0.2, 0.25) is 10.0 Å². The molecule has 0 aliphatic heterocycles. The molecule has 0 radical (unpaired) electrons. The molecule has 0 fully saturated rings. The molecule has 1 aromatic carbocycles. The van der Waals surface area contributed by atoms with Crippen molar-refractivity contribution in [1.29, 1.82) is 0 Å². The normalized spacial score (nSPS) is 11.7. The molecular formula is C21H21Cl2N5O3S. The minimum atomic E-state index is -0.476. The van der Waals surface area contributed by atoms with Gasteiger partial charge in [0.15, 0.2) is 0 Å². The standard InChI is InChI=1S/C21H21Cl2N5O3S/c1-10(2)24-19(29)16-7-8-17(32-16)20(30)26-25-11(3)18-12(4)27-28(21(18)31)13-5-6-14(22)15(23)9-13/h5-10,27H,1-4H3,(H,24,29)(H,26,30)/b25-11-. The van der Waals surface area contributed by atoms with Crippen LogP contribution in [0.4, 0.5) is 0 Å². The van der Waals surface area contributed by atoms with Crippen molar-refractivity contribution >= 4 is 52.1 Å². The fraction of sp³-hybridized carbons (Fsp3) is 0.238. The lowest BCUT2D eigenvalue weighted by Crippen LogP contribution is -2.29. The SMILES string of the molecule is C/C(=N/NC(=O)c1ccc(C(=O)NC(C)C)s1)c1c(C)[nH]n(-c2ccc(Cl)c(Cl)c2)c1=O. The fourth-order valence-electron chi connectivity index (χ4n) is 2.94. The molecule has 0 unspecified atom stereocenters. The Bertz CT molecular complexity index is 1270. The Balaban J connectivity index is 1.79. The van der Waals surface area contributed by atoms with Gasteiger partial charge in [-0.1, -0.05) is 23.2 Å². The maximum atomic E-state index is 12.9. The molecule has 8 nitrogen and oxygen atoms in total. The Morgan fingerprint density at radius 1 is 1.09 bits per heavy atom. The maximum absolute atomic E-state index is 12.9. The van der Waals surface area contributed by atoms with E-state index in [9.17, 15) is 14.4 Å². The van der Waals surface area contributed by atoms with E-state index in [1.807, 2.05) is 13.8 Å². The third-order valence-electron chi connectivity index (χ3n) is 4.39. The number of carbonyl (C=O) groups excluding carboxylic acids is 2. The molecule has 3 aromatic rings. The van der Waals surface area contributed by atoms with Crippen molar-refractivity contribution in [3.8, 4) is 5.69 Å². The average Bonchev–Trinajstić information content (AvgIpc) is 3.33. The number of amides is 2. The van der Waals surface area contributed by atoms with Gasteiger partial charge in [-0.3, -0.25) is 19.5 Å². The summed E-state index contributed by atoms with van der Waals surface area (Å²) in [5.41, 5.74) is 3.82. The number of benzene rings is 1. The third-order valence-corrected chi connectivity index (χ3v) is 6.21. The van der Waals surface area contributed by atoms with Crippen LogP contribution in [0.25, 0.3) is 5.69 Å². The van der Waals surface area contributed by atoms with Crippen molar-refractivity contribution in [3.63, 3.8) is 0 Å². The highest BCUT2D eigenvalue weighted by atomic mass is 35.5. The second-order valence-corrected chi connectivity index (χ2v) is 9.18. The molecule has 3 rings (SSSR count). The minimum Gasteiger partial charge on any atom is -0.349 e. The Kier molecular flexibility index (Phi) is 7.22. The average molecular weight is 494 g/mol. The summed E-state index contributed by atoms with van der Waals surface area (Å²) >= 11 is 13.1. The van der Waals surface area contributed by atoms with E-state index in [0.717, 1.165) is 11.3 Å². The Labute approximate surface area is 198 Å². The van der Waals surface area contributed by atoms with Gasteiger partial charge in [-0.15, -0.1) is 11.3 Å². The Morgan fingerprint density at radius 3 is 2.38 bits per heavy atom. The molecule has 3 N–H and O–H groups in total. The number of thiophene rings is 1. The van der Waals surface area contributed by atoms with Crippen molar-refractivity contribution in [2.45, 2.75) is 33.7 Å². The summed E-state index contributed by atoms with van der Waals surface area (Å²) in [6.45, 7) is 7.06. The molecule has 2 aromatic heterocycles. The van der Waals surface area contributed by atoms with Gasteiger partial charge in [0.25, 0.3) is 17.4 Å². The molecule has 0 aliphatic rings. The van der Waals surface area contributed by atoms with Gasteiger partial charge in [-0.2, -0.15) is 5.10 Å². The van der Waals surface area contributed by atoms with Gasteiger partial charge in [-0.05, 0) is 58.0 Å². The highest BCUT2D eigenvalue weighted by Crippen LogP contribution is 2.24. The molecule has 0 bridgehead atoms. The maximum Gasteiger partial charge on any atom is 0.281 e. The lowest BCUT2D eigenvalue weighted by Gasteiger charge is -2.05. The van der Waals surface area contributed by atoms with Crippen LogP contribution in [0.1, 0.15) is 51.4 Å². The van der Waals surface area contributed by atoms with Crippen LogP contribution < -0.4 is 16.3 Å². The number of aryl methyl sites for hydroxylation is 1. The molecular weight excluding hydrogens is 473 g/mol. The van der Waals surface area contributed by atoms with Gasteiger partial charge in [0, 0.05) is 11.7 Å². The predicted molar refractivity (Wildman–Crippen MR) is 128 cm³/mol. The second kappa shape index (κ2) is 9.72. The number of aromatic nitrogens is 2. The second-order valence-electron chi connectivity index (χ2n) is 7.28. The monoisotopic (exact) mass is 493 g/mol. The highest BCUT2D eigenvalue weighted by molar-refractivity contribution is 7.15. The fourth-order valence-corrected chi connectivity index (χ4v) is 4.03. The summed E-state index contributed by atoms with van der Waals surface area (Å²) in [4.78, 5) is 38.2. The smallest absolute Gasteiger partial charge is 0.281 e. The molecule has 2 heterocycles. The molecule has 168 valence electrons. The number of nitrogens with one attached hydrogen (secondary N) is 3. The molecule has 0 atom stereocenters. The van der Waals surface area contributed by atoms with E-state index in [-0.39, 0.29) is 17.5 Å². The highest BCUT2D eigenvalue weighted by Gasteiger charge is 2.17. The Hall–Kier alpha value is -2.88. The molecule has 2 amide bonds. The number of H-pyrrole nitrogens is 1. The number of carbonyl (C=O) groups is 2. The summed E-state index contributed by atoms with van der Waals surface area (Å²) in [5, 5.41) is 10.5.